The minimum absolute atomic E-state index is 0.0947. The number of carbonyl (C=O) groups excluding carboxylic acids is 2. The Balaban J connectivity index is 1.88. The molecule has 0 saturated carbocycles. The van der Waals surface area contributed by atoms with Crippen molar-refractivity contribution in [2.24, 2.45) is 0 Å². The van der Waals surface area contributed by atoms with Crippen LogP contribution in [0.3, 0.4) is 0 Å². The monoisotopic (exact) mass is 296 g/mol. The number of rotatable bonds is 3. The number of hydrogen-bond donors (Lipinski definition) is 1. The van der Waals surface area contributed by atoms with Gasteiger partial charge in [0.25, 0.3) is 0 Å². The second kappa shape index (κ2) is 6.64. The van der Waals surface area contributed by atoms with Gasteiger partial charge >= 0.3 is 6.03 Å². The molecule has 6 heteroatoms. The maximum Gasteiger partial charge on any atom is 0.320 e. The third-order valence-corrected chi connectivity index (χ3v) is 4.71. The molecule has 21 heavy (non-hydrogen) atoms. The molecular weight excluding hydrogens is 268 g/mol. The molecule has 1 atom stereocenters. The van der Waals surface area contributed by atoms with Gasteiger partial charge in [-0.05, 0) is 40.2 Å². The van der Waals surface area contributed by atoms with Gasteiger partial charge in [-0.3, -0.25) is 4.79 Å². The van der Waals surface area contributed by atoms with E-state index in [4.69, 9.17) is 0 Å². The first-order valence-corrected chi connectivity index (χ1v) is 8.10. The molecule has 2 saturated heterocycles. The number of amides is 3. The van der Waals surface area contributed by atoms with Crippen molar-refractivity contribution in [2.75, 3.05) is 45.8 Å². The predicted octanol–water partition coefficient (Wildman–Crippen LogP) is 0.735. The van der Waals surface area contributed by atoms with Crippen molar-refractivity contribution in [1.29, 1.82) is 0 Å². The highest BCUT2D eigenvalue weighted by Crippen LogP contribution is 2.22. The fraction of sp³-hybridized carbons (Fsp3) is 0.867. The third kappa shape index (κ3) is 3.31. The standard InChI is InChI=1S/C15H28N4O2/c1-4-17(5-2)14(21)19-11-9-18(10-12-19)13(20)15(3)7-6-8-16-15/h16H,4-12H2,1-3H3. The molecule has 3 amide bonds. The summed E-state index contributed by atoms with van der Waals surface area (Å²) < 4.78 is 0. The van der Waals surface area contributed by atoms with Gasteiger partial charge in [-0.25, -0.2) is 4.79 Å². The summed E-state index contributed by atoms with van der Waals surface area (Å²) >= 11 is 0. The van der Waals surface area contributed by atoms with E-state index in [2.05, 4.69) is 5.32 Å². The van der Waals surface area contributed by atoms with E-state index < -0.39 is 5.54 Å². The molecule has 0 aromatic heterocycles. The Morgan fingerprint density at radius 2 is 1.67 bits per heavy atom. The van der Waals surface area contributed by atoms with Crippen molar-refractivity contribution >= 4 is 11.9 Å². The normalized spacial score (nSPS) is 26.0. The lowest BCUT2D eigenvalue weighted by Crippen LogP contribution is -2.59. The summed E-state index contributed by atoms with van der Waals surface area (Å²) in [6.45, 7) is 10.9. The summed E-state index contributed by atoms with van der Waals surface area (Å²) in [5, 5.41) is 3.32. The number of piperazine rings is 1. The lowest BCUT2D eigenvalue weighted by atomic mass is 9.98. The molecule has 2 rings (SSSR count). The van der Waals surface area contributed by atoms with E-state index in [0.29, 0.717) is 26.2 Å². The molecule has 0 radical (unpaired) electrons. The van der Waals surface area contributed by atoms with Crippen LogP contribution >= 0.6 is 0 Å². The highest BCUT2D eigenvalue weighted by Gasteiger charge is 2.40. The predicted molar refractivity (Wildman–Crippen MR) is 82.1 cm³/mol. The Morgan fingerprint density at radius 1 is 1.10 bits per heavy atom. The second-order valence-corrected chi connectivity index (χ2v) is 6.10. The summed E-state index contributed by atoms with van der Waals surface area (Å²) in [6, 6.07) is 0.0947. The molecule has 0 aromatic rings. The van der Waals surface area contributed by atoms with E-state index in [1.807, 2.05) is 35.5 Å². The zero-order chi connectivity index (χ0) is 15.5. The second-order valence-electron chi connectivity index (χ2n) is 6.10. The molecule has 2 aliphatic heterocycles. The van der Waals surface area contributed by atoms with Crippen LogP contribution in [-0.2, 0) is 4.79 Å². The van der Waals surface area contributed by atoms with Crippen LogP contribution in [0.5, 0.6) is 0 Å². The van der Waals surface area contributed by atoms with Gasteiger partial charge in [0, 0.05) is 39.3 Å². The van der Waals surface area contributed by atoms with Crippen molar-refractivity contribution in [3.63, 3.8) is 0 Å². The highest BCUT2D eigenvalue weighted by molar-refractivity contribution is 5.86. The number of nitrogens with one attached hydrogen (secondary N) is 1. The fourth-order valence-electron chi connectivity index (χ4n) is 3.22. The van der Waals surface area contributed by atoms with Crippen molar-refractivity contribution in [1.82, 2.24) is 20.0 Å². The Morgan fingerprint density at radius 3 is 2.14 bits per heavy atom. The van der Waals surface area contributed by atoms with Crippen molar-refractivity contribution in [3.05, 3.63) is 0 Å². The fourth-order valence-corrected chi connectivity index (χ4v) is 3.22. The van der Waals surface area contributed by atoms with Gasteiger partial charge in [-0.15, -0.1) is 0 Å². The minimum atomic E-state index is -0.398. The molecule has 0 bridgehead atoms. The summed E-state index contributed by atoms with van der Waals surface area (Å²) in [5.41, 5.74) is -0.398. The lowest BCUT2D eigenvalue weighted by Gasteiger charge is -2.40. The van der Waals surface area contributed by atoms with Crippen molar-refractivity contribution in [2.45, 2.75) is 39.2 Å². The van der Waals surface area contributed by atoms with Gasteiger partial charge in [-0.2, -0.15) is 0 Å². The molecule has 0 aromatic carbocycles. The van der Waals surface area contributed by atoms with Gasteiger partial charge in [0.2, 0.25) is 5.91 Å². The smallest absolute Gasteiger partial charge is 0.320 e. The van der Waals surface area contributed by atoms with Crippen LogP contribution in [0.25, 0.3) is 0 Å². The minimum Gasteiger partial charge on any atom is -0.338 e. The van der Waals surface area contributed by atoms with E-state index in [-0.39, 0.29) is 11.9 Å². The molecule has 6 nitrogen and oxygen atoms in total. The van der Waals surface area contributed by atoms with E-state index in [9.17, 15) is 9.59 Å². The Kier molecular flexibility index (Phi) is 5.08. The SMILES string of the molecule is CCN(CC)C(=O)N1CCN(C(=O)C2(C)CCCN2)CC1. The van der Waals surface area contributed by atoms with E-state index in [1.54, 1.807) is 0 Å². The van der Waals surface area contributed by atoms with Crippen LogP contribution in [0, 0.1) is 0 Å². The summed E-state index contributed by atoms with van der Waals surface area (Å²) in [5.74, 6) is 0.190. The highest BCUT2D eigenvalue weighted by atomic mass is 16.2. The molecule has 1 N–H and O–H groups in total. The van der Waals surface area contributed by atoms with Gasteiger partial charge in [0.1, 0.15) is 0 Å². The first kappa shape index (κ1) is 16.1. The van der Waals surface area contributed by atoms with E-state index >= 15 is 0 Å². The molecule has 2 heterocycles. The lowest BCUT2D eigenvalue weighted by molar-refractivity contribution is -0.138. The zero-order valence-electron chi connectivity index (χ0n) is 13.5. The molecule has 0 aliphatic carbocycles. The molecule has 1 unspecified atom stereocenters. The van der Waals surface area contributed by atoms with Gasteiger partial charge in [0.15, 0.2) is 0 Å². The van der Waals surface area contributed by atoms with E-state index in [1.165, 1.54) is 0 Å². The van der Waals surface area contributed by atoms with Crippen LogP contribution in [0.4, 0.5) is 4.79 Å². The number of carbonyl (C=O) groups is 2. The maximum absolute atomic E-state index is 12.6. The summed E-state index contributed by atoms with van der Waals surface area (Å²) in [6.07, 6.45) is 1.97. The average Bonchev–Trinajstić information content (AvgIpc) is 2.96. The van der Waals surface area contributed by atoms with Crippen molar-refractivity contribution < 1.29 is 9.59 Å². The Hall–Kier alpha value is -1.30. The van der Waals surface area contributed by atoms with E-state index in [0.717, 1.165) is 32.5 Å². The Bertz CT molecular complexity index is 381. The summed E-state index contributed by atoms with van der Waals surface area (Å²) in [7, 11) is 0. The van der Waals surface area contributed by atoms with Crippen LogP contribution in [0.15, 0.2) is 0 Å². The quantitative estimate of drug-likeness (QED) is 0.835. The van der Waals surface area contributed by atoms with Crippen LogP contribution in [0.2, 0.25) is 0 Å². The topological polar surface area (TPSA) is 55.9 Å². The average molecular weight is 296 g/mol. The van der Waals surface area contributed by atoms with Gasteiger partial charge < -0.3 is 20.0 Å². The summed E-state index contributed by atoms with van der Waals surface area (Å²) in [4.78, 5) is 30.5. The first-order chi connectivity index (χ1) is 10.0. The van der Waals surface area contributed by atoms with Crippen molar-refractivity contribution in [3.8, 4) is 0 Å². The van der Waals surface area contributed by atoms with Gasteiger partial charge in [-0.1, -0.05) is 0 Å². The van der Waals surface area contributed by atoms with Crippen LogP contribution in [0.1, 0.15) is 33.6 Å². The molecule has 0 spiro atoms. The molecule has 120 valence electrons. The zero-order valence-corrected chi connectivity index (χ0v) is 13.5. The first-order valence-electron chi connectivity index (χ1n) is 8.10. The largest absolute Gasteiger partial charge is 0.338 e. The molecule has 2 fully saturated rings. The van der Waals surface area contributed by atoms with Crippen LogP contribution in [-0.4, -0.2) is 78.0 Å². The van der Waals surface area contributed by atoms with Crippen LogP contribution < -0.4 is 5.32 Å². The number of urea groups is 1. The third-order valence-electron chi connectivity index (χ3n) is 4.71. The van der Waals surface area contributed by atoms with Gasteiger partial charge in [0.05, 0.1) is 5.54 Å². The Labute approximate surface area is 127 Å². The number of hydrogen-bond acceptors (Lipinski definition) is 3. The molecule has 2 aliphatic rings. The maximum atomic E-state index is 12.6. The number of nitrogens with zero attached hydrogens (tertiary/aromatic N) is 3. The molecular formula is C15H28N4O2.